The zero-order chi connectivity index (χ0) is 55.2. The summed E-state index contributed by atoms with van der Waals surface area (Å²) in [6.45, 7) is 1.18. The molecule has 21 nitrogen and oxygen atoms in total. The summed E-state index contributed by atoms with van der Waals surface area (Å²) in [4.78, 5) is 122. The molecule has 79 heavy (non-hydrogen) atoms. The number of carbonyl (C=O) groups is 9. The number of aromatic nitrogens is 3. The van der Waals surface area contributed by atoms with Crippen molar-refractivity contribution in [3.05, 3.63) is 69.6 Å². The Labute approximate surface area is 476 Å². The van der Waals surface area contributed by atoms with E-state index in [1.165, 1.54) is 22.7 Å². The number of aliphatic hydroxyl groups is 2. The molecule has 10 heterocycles. The Morgan fingerprint density at radius 2 is 1.13 bits per heavy atom. The number of hydrogen-bond donors (Lipinski definition) is 11. The number of carboxylic acids is 1. The quantitative estimate of drug-likeness (QED) is 0.0608. The number of carbonyl (C=O) groups excluding carboxylic acids is 8. The van der Waals surface area contributed by atoms with Gasteiger partial charge in [-0.1, -0.05) is 12.8 Å². The SMILES string of the molecule is Cl.O=C(Cl)c1cc2ccsc2[nH]1.O=C(O)c1cc2ccsc2[nH]1.O=C1NCC[C@H]1C[C@H](NC(=O)[C@@H]1[C@H]2CCC[C@H]2CN1C(=O)c1cc2ccsc2[nH]1)C(=O)CO.O=C1NCC[C@H]1C[C@H](NC(=O)[C@H]1NC[C@@H]2CCC[C@@H]21)C(=O)CO. The van der Waals surface area contributed by atoms with Crippen LogP contribution in [0.25, 0.3) is 30.6 Å². The van der Waals surface area contributed by atoms with Gasteiger partial charge >= 0.3 is 5.97 Å². The van der Waals surface area contributed by atoms with Crippen LogP contribution in [0.2, 0.25) is 0 Å². The zero-order valence-corrected chi connectivity index (χ0v) is 46.8. The van der Waals surface area contributed by atoms with Gasteiger partial charge in [0, 0.05) is 47.6 Å². The molecule has 6 aromatic heterocycles. The second kappa shape index (κ2) is 26.5. The van der Waals surface area contributed by atoms with Crippen LogP contribution < -0.4 is 26.6 Å². The molecule has 11 N–H and O–H groups in total. The average molecular weight is 1190 g/mol. The van der Waals surface area contributed by atoms with Crippen molar-refractivity contribution < 1.29 is 58.5 Å². The molecule has 6 fully saturated rings. The Kier molecular flexibility index (Phi) is 19.9. The van der Waals surface area contributed by atoms with Gasteiger partial charge in [-0.3, -0.25) is 38.4 Å². The molecule has 0 radical (unpaired) electrons. The number of nitrogens with one attached hydrogen (secondary N) is 8. The monoisotopic (exact) mass is 1180 g/mol. The highest BCUT2D eigenvalue weighted by Crippen LogP contribution is 2.43. The summed E-state index contributed by atoms with van der Waals surface area (Å²) >= 11 is 9.85. The standard InChI is InChI=1S/C23H28N4O5S.C16H25N3O4.C7H4ClNOS.C7H5NO2S.ClH/c28-11-18(29)16(8-12-4-6-24-20(12)30)25-21(31)19-15-3-1-2-14(15)10-27(19)23(32)17-9-13-5-7-33-22(13)26-17;20-8-13(21)12(6-9-4-5-17-15(9)22)19-16(23)14-11-3-1-2-10(11)7-18-14;8-6(10)5-3-4-1-2-11-7(4)9-5;9-7(10)5-3-4-1-2-11-6(4)8-5;/h5,7,9,12,14-16,19,26,28H,1-4,6,8,10-11H2,(H,24,30)(H,25,31);9-12,14,18,20H,1-8H2,(H,17,22)(H,19,23);1-3,9H;1-3,8H,(H,9,10);1H/t12-,14-,15-,16-,19-;9-,10-,11-,12-,14-;;;/m00.../s1. The van der Waals surface area contributed by atoms with Crippen LogP contribution in [0.1, 0.15) is 95.7 Å². The van der Waals surface area contributed by atoms with E-state index in [4.69, 9.17) is 21.8 Å². The second-order valence-corrected chi connectivity index (χ2v) is 23.7. The number of aromatic amines is 3. The normalized spacial score (nSPS) is 24.4. The molecule has 2 aliphatic carbocycles. The first-order valence-electron chi connectivity index (χ1n) is 26.2. The number of hydrogen-bond acceptors (Lipinski definition) is 15. The van der Waals surface area contributed by atoms with Crippen molar-refractivity contribution in [1.29, 1.82) is 0 Å². The van der Waals surface area contributed by atoms with Crippen molar-refractivity contribution in [3.63, 3.8) is 0 Å². The van der Waals surface area contributed by atoms with Crippen molar-refractivity contribution in [2.75, 3.05) is 39.4 Å². The van der Waals surface area contributed by atoms with E-state index in [1.807, 2.05) is 40.4 Å². The Hall–Kier alpha value is -5.99. The molecule has 0 bridgehead atoms. The van der Waals surface area contributed by atoms with Gasteiger partial charge in [-0.2, -0.15) is 0 Å². The van der Waals surface area contributed by atoms with Crippen LogP contribution in [0.3, 0.4) is 0 Å². The third-order valence-corrected chi connectivity index (χ3v) is 18.7. The van der Waals surface area contributed by atoms with Crippen LogP contribution >= 0.6 is 58.0 Å². The van der Waals surface area contributed by atoms with Crippen LogP contribution in [0, 0.1) is 35.5 Å². The van der Waals surface area contributed by atoms with Gasteiger partial charge in [0.05, 0.1) is 18.1 Å². The third kappa shape index (κ3) is 13.6. The average Bonchev–Trinajstić information content (AvgIpc) is 4.31. The van der Waals surface area contributed by atoms with Crippen LogP contribution in [0.4, 0.5) is 0 Å². The van der Waals surface area contributed by atoms with Crippen molar-refractivity contribution in [3.8, 4) is 0 Å². The Bertz CT molecular complexity index is 3040. The number of amides is 5. The number of ketones is 2. The highest BCUT2D eigenvalue weighted by molar-refractivity contribution is 7.17. The number of aliphatic hydroxyl groups excluding tert-OH is 2. The predicted octanol–water partition coefficient (Wildman–Crippen LogP) is 4.95. The highest BCUT2D eigenvalue weighted by atomic mass is 35.5. The highest BCUT2D eigenvalue weighted by Gasteiger charge is 2.50. The van der Waals surface area contributed by atoms with Crippen LogP contribution in [0.5, 0.6) is 0 Å². The maximum Gasteiger partial charge on any atom is 0.352 e. The molecule has 12 rings (SSSR count). The number of Topliss-reactive ketones (excluding diaryl/α,β-unsaturated/α-hetero) is 2. The lowest BCUT2D eigenvalue weighted by Crippen LogP contribution is -2.53. The minimum absolute atomic E-state index is 0. The molecule has 5 amide bonds. The molecule has 0 aromatic carbocycles. The van der Waals surface area contributed by atoms with Crippen molar-refractivity contribution in [2.24, 2.45) is 35.5 Å². The van der Waals surface area contributed by atoms with Crippen molar-refractivity contribution in [2.45, 2.75) is 88.4 Å². The number of halogens is 2. The molecule has 6 aliphatic rings. The first-order chi connectivity index (χ1) is 37.6. The maximum atomic E-state index is 13.5. The van der Waals surface area contributed by atoms with E-state index >= 15 is 0 Å². The predicted molar refractivity (Wildman–Crippen MR) is 301 cm³/mol. The number of aromatic carboxylic acids is 1. The number of carboxylic acid groups (broad SMARTS) is 1. The third-order valence-electron chi connectivity index (χ3n) is 15.9. The Morgan fingerprint density at radius 3 is 1.62 bits per heavy atom. The van der Waals surface area contributed by atoms with Gasteiger partial charge in [0.1, 0.15) is 50.8 Å². The molecule has 10 atom stereocenters. The maximum absolute atomic E-state index is 13.5. The van der Waals surface area contributed by atoms with Crippen LogP contribution in [0.15, 0.2) is 52.5 Å². The second-order valence-electron chi connectivity index (χ2n) is 20.6. The Morgan fingerprint density at radius 1 is 0.646 bits per heavy atom. The molecular weight excluding hydrogens is 1120 g/mol. The van der Waals surface area contributed by atoms with E-state index in [9.17, 15) is 48.3 Å². The van der Waals surface area contributed by atoms with E-state index in [0.29, 0.717) is 55.7 Å². The summed E-state index contributed by atoms with van der Waals surface area (Å²) in [5, 5.41) is 49.9. The van der Waals surface area contributed by atoms with E-state index in [-0.39, 0.29) is 90.2 Å². The summed E-state index contributed by atoms with van der Waals surface area (Å²) < 4.78 is 0. The molecule has 6 aromatic rings. The summed E-state index contributed by atoms with van der Waals surface area (Å²) in [7, 11) is 0. The van der Waals surface area contributed by atoms with Gasteiger partial charge in [0.15, 0.2) is 11.6 Å². The topological polar surface area (TPSA) is 325 Å². The number of nitrogens with zero attached hydrogens (tertiary/aromatic N) is 1. The van der Waals surface area contributed by atoms with E-state index in [1.54, 1.807) is 28.4 Å². The number of thiophene rings is 3. The lowest BCUT2D eigenvalue weighted by molar-refractivity contribution is -0.133. The van der Waals surface area contributed by atoms with E-state index in [2.05, 4.69) is 41.5 Å². The fraction of sp³-hybridized carbons (Fsp3) is 0.491. The molecular formula is C53H63Cl2N9O12S3. The summed E-state index contributed by atoms with van der Waals surface area (Å²) in [6.07, 6.45) is 7.86. The van der Waals surface area contributed by atoms with Gasteiger partial charge in [-0.15, -0.1) is 46.4 Å². The number of likely N-dealkylation sites (tertiary alicyclic amines) is 1. The van der Waals surface area contributed by atoms with Crippen LogP contribution in [-0.4, -0.2) is 151 Å². The molecule has 4 saturated heterocycles. The molecule has 4 aliphatic heterocycles. The smallest absolute Gasteiger partial charge is 0.352 e. The zero-order valence-electron chi connectivity index (χ0n) is 42.8. The molecule has 424 valence electrons. The fourth-order valence-electron chi connectivity index (χ4n) is 12.0. The summed E-state index contributed by atoms with van der Waals surface area (Å²) in [5.74, 6) is -2.30. The lowest BCUT2D eigenvalue weighted by Gasteiger charge is -2.29. The van der Waals surface area contributed by atoms with Gasteiger partial charge < -0.3 is 61.8 Å². The summed E-state index contributed by atoms with van der Waals surface area (Å²) in [6, 6.07) is 8.31. The number of fused-ring (bicyclic) bond motifs is 5. The minimum Gasteiger partial charge on any atom is -0.477 e. The molecule has 26 heteroatoms. The molecule has 0 spiro atoms. The summed E-state index contributed by atoms with van der Waals surface area (Å²) in [5.41, 5.74) is 1.18. The number of rotatable bonds is 15. The lowest BCUT2D eigenvalue weighted by atomic mass is 9.92. The fourth-order valence-corrected chi connectivity index (χ4v) is 14.4. The first kappa shape index (κ1) is 59.1. The van der Waals surface area contributed by atoms with E-state index < -0.39 is 54.1 Å². The van der Waals surface area contributed by atoms with Gasteiger partial charge in [0.25, 0.3) is 11.1 Å². The van der Waals surface area contributed by atoms with Gasteiger partial charge in [-0.25, -0.2) is 4.79 Å². The molecule has 0 unspecified atom stereocenters. The van der Waals surface area contributed by atoms with Gasteiger partial charge in [0.2, 0.25) is 23.6 Å². The minimum atomic E-state index is -0.954. The largest absolute Gasteiger partial charge is 0.477 e. The van der Waals surface area contributed by atoms with Crippen molar-refractivity contribution in [1.82, 2.24) is 46.4 Å². The van der Waals surface area contributed by atoms with E-state index in [0.717, 1.165) is 75.7 Å². The Balaban J connectivity index is 0.000000153. The molecule has 2 saturated carbocycles. The van der Waals surface area contributed by atoms with Crippen molar-refractivity contribution >= 4 is 141 Å². The van der Waals surface area contributed by atoms with Crippen LogP contribution in [-0.2, 0) is 28.8 Å². The first-order valence-corrected chi connectivity index (χ1v) is 29.2. The number of H-pyrrole nitrogens is 3. The van der Waals surface area contributed by atoms with Gasteiger partial charge in [-0.05, 0) is 146 Å².